The zero-order chi connectivity index (χ0) is 17.2. The molecule has 1 aliphatic heterocycles. The number of fused-ring (bicyclic) bond motifs is 1. The fourth-order valence-electron chi connectivity index (χ4n) is 3.39. The lowest BCUT2D eigenvalue weighted by atomic mass is 10.1. The van der Waals surface area contributed by atoms with Crippen molar-refractivity contribution in [3.63, 3.8) is 0 Å². The van der Waals surface area contributed by atoms with Gasteiger partial charge in [-0.15, -0.1) is 0 Å². The van der Waals surface area contributed by atoms with Gasteiger partial charge in [-0.1, -0.05) is 6.07 Å². The minimum atomic E-state index is 0.733. The maximum atomic E-state index is 4.76. The molecule has 1 N–H and O–H groups in total. The van der Waals surface area contributed by atoms with E-state index in [1.807, 2.05) is 31.4 Å². The number of imidazole rings is 1. The largest absolute Gasteiger partial charge is 0.354 e. The van der Waals surface area contributed by atoms with Crippen LogP contribution in [0.5, 0.6) is 0 Å². The number of hydrogen-bond donors (Lipinski definition) is 1. The molecule has 0 amide bonds. The van der Waals surface area contributed by atoms with Crippen LogP contribution >= 0.6 is 0 Å². The maximum Gasteiger partial charge on any atom is 0.137 e. The molecule has 0 bridgehead atoms. The second-order valence-electron chi connectivity index (χ2n) is 6.56. The maximum absolute atomic E-state index is 4.76. The highest BCUT2D eigenvalue weighted by atomic mass is 15.3. The molecule has 0 radical (unpaired) electrons. The summed E-state index contributed by atoms with van der Waals surface area (Å²) in [6.45, 7) is 4.97. The average molecular weight is 336 g/mol. The molecule has 0 aliphatic carbocycles. The highest BCUT2D eigenvalue weighted by Gasteiger charge is 2.17. The van der Waals surface area contributed by atoms with Gasteiger partial charge in [-0.25, -0.2) is 9.97 Å². The van der Waals surface area contributed by atoms with E-state index in [9.17, 15) is 0 Å². The molecule has 0 aromatic carbocycles. The molecule has 0 unspecified atom stereocenters. The minimum absolute atomic E-state index is 0.733. The van der Waals surface area contributed by atoms with E-state index in [1.165, 1.54) is 0 Å². The second-order valence-corrected chi connectivity index (χ2v) is 6.56. The summed E-state index contributed by atoms with van der Waals surface area (Å²) < 4.78 is 2.14. The van der Waals surface area contributed by atoms with Crippen LogP contribution in [0, 0.1) is 0 Å². The number of nitrogens with zero attached hydrogens (tertiary/aromatic N) is 5. The van der Waals surface area contributed by atoms with Gasteiger partial charge in [0.15, 0.2) is 0 Å². The molecule has 1 fully saturated rings. The van der Waals surface area contributed by atoms with Crippen molar-refractivity contribution in [3.05, 3.63) is 48.4 Å². The Morgan fingerprint density at radius 2 is 1.92 bits per heavy atom. The summed E-state index contributed by atoms with van der Waals surface area (Å²) in [4.78, 5) is 14.2. The molecule has 1 aliphatic rings. The molecule has 1 saturated heterocycles. The smallest absolute Gasteiger partial charge is 0.137 e. The van der Waals surface area contributed by atoms with Crippen molar-refractivity contribution in [2.75, 3.05) is 45.2 Å². The van der Waals surface area contributed by atoms with Crippen molar-refractivity contribution in [1.82, 2.24) is 24.6 Å². The van der Waals surface area contributed by atoms with Crippen LogP contribution in [0.2, 0.25) is 0 Å². The van der Waals surface area contributed by atoms with Crippen molar-refractivity contribution in [1.29, 1.82) is 0 Å². The van der Waals surface area contributed by atoms with E-state index in [-0.39, 0.29) is 0 Å². The highest BCUT2D eigenvalue weighted by molar-refractivity contribution is 5.67. The van der Waals surface area contributed by atoms with Gasteiger partial charge in [-0.3, -0.25) is 4.40 Å². The number of hydrogen-bond acceptors (Lipinski definition) is 5. The average Bonchev–Trinajstić information content (AvgIpc) is 3.01. The normalized spacial score (nSPS) is 15.8. The summed E-state index contributed by atoms with van der Waals surface area (Å²) >= 11 is 0. The SMILES string of the molecule is CNCc1nc2ccccn2c1-c1ccc(N2CCN(C)CC2)nc1. The van der Waals surface area contributed by atoms with Gasteiger partial charge in [0.25, 0.3) is 0 Å². The first-order valence-corrected chi connectivity index (χ1v) is 8.77. The van der Waals surface area contributed by atoms with Gasteiger partial charge in [-0.05, 0) is 38.4 Å². The lowest BCUT2D eigenvalue weighted by Gasteiger charge is -2.33. The molecule has 3 aromatic heterocycles. The molecule has 4 heterocycles. The summed E-state index contributed by atoms with van der Waals surface area (Å²) in [5.74, 6) is 1.06. The monoisotopic (exact) mass is 336 g/mol. The van der Waals surface area contributed by atoms with Gasteiger partial charge >= 0.3 is 0 Å². The summed E-state index contributed by atoms with van der Waals surface area (Å²) in [5, 5.41) is 3.21. The summed E-state index contributed by atoms with van der Waals surface area (Å²) in [5.41, 5.74) is 4.22. The van der Waals surface area contributed by atoms with E-state index in [1.54, 1.807) is 0 Å². The molecule has 6 heteroatoms. The van der Waals surface area contributed by atoms with E-state index >= 15 is 0 Å². The number of piperazine rings is 1. The first-order chi connectivity index (χ1) is 12.3. The van der Waals surface area contributed by atoms with Crippen molar-refractivity contribution in [2.24, 2.45) is 0 Å². The third kappa shape index (κ3) is 3.10. The Hall–Kier alpha value is -2.44. The van der Waals surface area contributed by atoms with Gasteiger partial charge in [-0.2, -0.15) is 0 Å². The van der Waals surface area contributed by atoms with Crippen LogP contribution in [0.1, 0.15) is 5.69 Å². The molecule has 4 rings (SSSR count). The predicted molar refractivity (Wildman–Crippen MR) is 101 cm³/mol. The summed E-state index contributed by atoms with van der Waals surface area (Å²) in [6, 6.07) is 10.4. The fourth-order valence-corrected chi connectivity index (χ4v) is 3.39. The topological polar surface area (TPSA) is 48.7 Å². The third-order valence-corrected chi connectivity index (χ3v) is 4.79. The van der Waals surface area contributed by atoms with E-state index < -0.39 is 0 Å². The molecular formula is C19H24N6. The first-order valence-electron chi connectivity index (χ1n) is 8.77. The van der Waals surface area contributed by atoms with Crippen molar-refractivity contribution in [2.45, 2.75) is 6.54 Å². The molecule has 0 atom stereocenters. The number of nitrogens with one attached hydrogen (secondary N) is 1. The Balaban J connectivity index is 1.68. The van der Waals surface area contributed by atoms with Crippen LogP contribution in [0.25, 0.3) is 16.9 Å². The lowest BCUT2D eigenvalue weighted by molar-refractivity contribution is 0.312. The zero-order valence-electron chi connectivity index (χ0n) is 14.8. The molecule has 130 valence electrons. The highest BCUT2D eigenvalue weighted by Crippen LogP contribution is 2.26. The van der Waals surface area contributed by atoms with E-state index in [0.29, 0.717) is 0 Å². The number of aromatic nitrogens is 3. The zero-order valence-corrected chi connectivity index (χ0v) is 14.8. The Morgan fingerprint density at radius 1 is 1.08 bits per heavy atom. The number of anilines is 1. The van der Waals surface area contributed by atoms with Gasteiger partial charge < -0.3 is 15.1 Å². The van der Waals surface area contributed by atoms with Crippen LogP contribution < -0.4 is 10.2 Å². The third-order valence-electron chi connectivity index (χ3n) is 4.79. The Labute approximate surface area is 148 Å². The standard InChI is InChI=1S/C19H24N6/c1-20-14-16-19(25-8-4-3-5-18(25)22-16)15-6-7-17(21-13-15)24-11-9-23(2)10-12-24/h3-8,13,20H,9-12,14H2,1-2H3. The second kappa shape index (κ2) is 6.82. The van der Waals surface area contributed by atoms with E-state index in [2.05, 4.69) is 44.9 Å². The molecular weight excluding hydrogens is 312 g/mol. The Morgan fingerprint density at radius 3 is 2.64 bits per heavy atom. The van der Waals surface area contributed by atoms with Crippen LogP contribution in [0.3, 0.4) is 0 Å². The van der Waals surface area contributed by atoms with Crippen molar-refractivity contribution >= 4 is 11.5 Å². The van der Waals surface area contributed by atoms with Crippen LogP contribution in [-0.4, -0.2) is 59.5 Å². The van der Waals surface area contributed by atoms with Gasteiger partial charge in [0.2, 0.25) is 0 Å². The molecule has 25 heavy (non-hydrogen) atoms. The summed E-state index contributed by atoms with van der Waals surface area (Å²) in [6.07, 6.45) is 4.04. The minimum Gasteiger partial charge on any atom is -0.354 e. The number of pyridine rings is 2. The van der Waals surface area contributed by atoms with E-state index in [4.69, 9.17) is 9.97 Å². The first kappa shape index (κ1) is 16.1. The van der Waals surface area contributed by atoms with Gasteiger partial charge in [0, 0.05) is 50.7 Å². The van der Waals surface area contributed by atoms with E-state index in [0.717, 1.165) is 61.1 Å². The molecule has 0 saturated carbocycles. The van der Waals surface area contributed by atoms with Crippen LogP contribution in [-0.2, 0) is 6.54 Å². The lowest BCUT2D eigenvalue weighted by Crippen LogP contribution is -2.44. The van der Waals surface area contributed by atoms with Crippen molar-refractivity contribution < 1.29 is 0 Å². The van der Waals surface area contributed by atoms with Gasteiger partial charge in [0.1, 0.15) is 11.5 Å². The van der Waals surface area contributed by atoms with Crippen molar-refractivity contribution in [3.8, 4) is 11.3 Å². The summed E-state index contributed by atoms with van der Waals surface area (Å²) in [7, 11) is 4.12. The van der Waals surface area contributed by atoms with Crippen LogP contribution in [0.4, 0.5) is 5.82 Å². The molecule has 3 aromatic rings. The molecule has 6 nitrogen and oxygen atoms in total. The predicted octanol–water partition coefficient (Wildman–Crippen LogP) is 1.87. The molecule has 0 spiro atoms. The number of likely N-dealkylation sites (N-methyl/N-ethyl adjacent to an activating group) is 1. The van der Waals surface area contributed by atoms with Gasteiger partial charge in [0.05, 0.1) is 11.4 Å². The van der Waals surface area contributed by atoms with Crippen LogP contribution in [0.15, 0.2) is 42.7 Å². The quantitative estimate of drug-likeness (QED) is 0.788. The fraction of sp³-hybridized carbons (Fsp3) is 0.368. The Kier molecular flexibility index (Phi) is 4.38. The number of rotatable bonds is 4. The Bertz CT molecular complexity index is 846.